The van der Waals surface area contributed by atoms with Crippen LogP contribution in [0, 0.1) is 0 Å². The molecule has 0 aromatic carbocycles. The molecule has 0 spiro atoms. The fraction of sp³-hybridized carbons (Fsp3) is 0.500. The monoisotopic (exact) mass is 154 g/mol. The third kappa shape index (κ3) is 3.89. The van der Waals surface area contributed by atoms with E-state index in [9.17, 15) is 5.02 Å². The summed E-state index contributed by atoms with van der Waals surface area (Å²) in [7, 11) is -0.795. The lowest BCUT2D eigenvalue weighted by Gasteiger charge is -2.09. The Labute approximate surface area is 68.7 Å². The normalized spacial score (nSPS) is 13.2. The first-order chi connectivity index (χ1) is 5.11. The molecule has 0 bridgehead atoms. The van der Waals surface area contributed by atoms with E-state index in [1.54, 1.807) is 0 Å². The SMILES string of the molecule is CC=C(C)OB(O)C(C)=CC. The summed E-state index contributed by atoms with van der Waals surface area (Å²) in [4.78, 5) is 0. The van der Waals surface area contributed by atoms with E-state index in [2.05, 4.69) is 0 Å². The highest BCUT2D eigenvalue weighted by Crippen LogP contribution is 2.03. The van der Waals surface area contributed by atoms with Gasteiger partial charge >= 0.3 is 7.12 Å². The van der Waals surface area contributed by atoms with Gasteiger partial charge in [-0.1, -0.05) is 12.2 Å². The largest absolute Gasteiger partial charge is 0.554 e. The van der Waals surface area contributed by atoms with Gasteiger partial charge in [0.2, 0.25) is 0 Å². The fourth-order valence-corrected chi connectivity index (χ4v) is 0.480. The van der Waals surface area contributed by atoms with Crippen molar-refractivity contribution < 1.29 is 9.68 Å². The van der Waals surface area contributed by atoms with Gasteiger partial charge in [-0.05, 0) is 33.2 Å². The summed E-state index contributed by atoms with van der Waals surface area (Å²) in [5.74, 6) is 0.735. The van der Waals surface area contributed by atoms with E-state index in [-0.39, 0.29) is 0 Å². The molecule has 0 heterocycles. The molecule has 0 aliphatic heterocycles. The molecule has 0 aliphatic rings. The summed E-state index contributed by atoms with van der Waals surface area (Å²) < 4.78 is 5.10. The molecule has 1 N–H and O–H groups in total. The molecule has 11 heavy (non-hydrogen) atoms. The second kappa shape index (κ2) is 5.02. The summed E-state index contributed by atoms with van der Waals surface area (Å²) in [5, 5.41) is 9.29. The third-order valence-electron chi connectivity index (χ3n) is 1.55. The Morgan fingerprint density at radius 1 is 1.27 bits per heavy atom. The molecule has 0 aliphatic carbocycles. The Morgan fingerprint density at radius 2 is 1.82 bits per heavy atom. The Morgan fingerprint density at radius 3 is 2.18 bits per heavy atom. The van der Waals surface area contributed by atoms with Gasteiger partial charge in [0, 0.05) is 0 Å². The van der Waals surface area contributed by atoms with Gasteiger partial charge in [-0.15, -0.1) is 0 Å². The molecular weight excluding hydrogens is 139 g/mol. The number of allylic oxidation sites excluding steroid dienone is 4. The lowest BCUT2D eigenvalue weighted by molar-refractivity contribution is 0.347. The highest BCUT2D eigenvalue weighted by atomic mass is 16.5. The fourth-order valence-electron chi connectivity index (χ4n) is 0.480. The van der Waals surface area contributed by atoms with Gasteiger partial charge < -0.3 is 9.68 Å². The van der Waals surface area contributed by atoms with Gasteiger partial charge in [-0.2, -0.15) is 0 Å². The molecule has 2 nitrogen and oxygen atoms in total. The Hall–Kier alpha value is -0.695. The molecule has 0 aromatic rings. The molecule has 0 radical (unpaired) electrons. The van der Waals surface area contributed by atoms with Crippen LogP contribution in [0.1, 0.15) is 27.7 Å². The zero-order chi connectivity index (χ0) is 8.85. The van der Waals surface area contributed by atoms with Gasteiger partial charge in [0.05, 0.1) is 5.76 Å². The van der Waals surface area contributed by atoms with Crippen molar-refractivity contribution in [3.8, 4) is 0 Å². The van der Waals surface area contributed by atoms with Crippen LogP contribution in [-0.2, 0) is 4.65 Å². The van der Waals surface area contributed by atoms with Gasteiger partial charge in [0.15, 0.2) is 0 Å². The summed E-state index contributed by atoms with van der Waals surface area (Å²) in [5.41, 5.74) is 0.825. The smallest absolute Gasteiger partial charge is 0.537 e. The molecule has 0 unspecified atom stereocenters. The van der Waals surface area contributed by atoms with Crippen LogP contribution in [0.2, 0.25) is 0 Å². The van der Waals surface area contributed by atoms with Crippen molar-refractivity contribution in [3.63, 3.8) is 0 Å². The average molecular weight is 154 g/mol. The number of hydrogen-bond donors (Lipinski definition) is 1. The Kier molecular flexibility index (Phi) is 4.70. The van der Waals surface area contributed by atoms with E-state index in [0.29, 0.717) is 0 Å². The van der Waals surface area contributed by atoms with Crippen molar-refractivity contribution in [2.45, 2.75) is 27.7 Å². The average Bonchev–Trinajstić information content (AvgIpc) is 2.02. The van der Waals surface area contributed by atoms with Crippen LogP contribution in [0.3, 0.4) is 0 Å². The minimum atomic E-state index is -0.795. The van der Waals surface area contributed by atoms with Crippen molar-refractivity contribution in [2.75, 3.05) is 0 Å². The molecule has 0 aromatic heterocycles. The first-order valence-corrected chi connectivity index (χ1v) is 3.72. The first-order valence-electron chi connectivity index (χ1n) is 3.72. The summed E-state index contributed by atoms with van der Waals surface area (Å²) in [6.45, 7) is 7.37. The molecule has 0 fully saturated rings. The van der Waals surface area contributed by atoms with Crippen molar-refractivity contribution in [2.24, 2.45) is 0 Å². The maximum absolute atomic E-state index is 9.29. The quantitative estimate of drug-likeness (QED) is 0.496. The van der Waals surface area contributed by atoms with Crippen LogP contribution in [-0.4, -0.2) is 12.1 Å². The predicted octanol–water partition coefficient (Wildman–Crippen LogP) is 1.91. The van der Waals surface area contributed by atoms with Crippen LogP contribution in [0.5, 0.6) is 0 Å². The van der Waals surface area contributed by atoms with E-state index >= 15 is 0 Å². The van der Waals surface area contributed by atoms with Gasteiger partial charge in [-0.25, -0.2) is 0 Å². The number of rotatable bonds is 3. The van der Waals surface area contributed by atoms with Crippen molar-refractivity contribution >= 4 is 7.12 Å². The second-order valence-electron chi connectivity index (χ2n) is 2.40. The van der Waals surface area contributed by atoms with Gasteiger partial charge in [0.1, 0.15) is 0 Å². The summed E-state index contributed by atoms with van der Waals surface area (Å²) in [6, 6.07) is 0. The van der Waals surface area contributed by atoms with Crippen molar-refractivity contribution in [1.29, 1.82) is 0 Å². The third-order valence-corrected chi connectivity index (χ3v) is 1.55. The zero-order valence-electron chi connectivity index (χ0n) is 7.59. The maximum atomic E-state index is 9.29. The highest BCUT2D eigenvalue weighted by molar-refractivity contribution is 6.52. The lowest BCUT2D eigenvalue weighted by Crippen LogP contribution is -2.18. The summed E-state index contributed by atoms with van der Waals surface area (Å²) >= 11 is 0. The van der Waals surface area contributed by atoms with Crippen LogP contribution >= 0.6 is 0 Å². The van der Waals surface area contributed by atoms with E-state index in [0.717, 1.165) is 11.2 Å². The van der Waals surface area contributed by atoms with Crippen LogP contribution < -0.4 is 0 Å². The first kappa shape index (κ1) is 10.3. The molecule has 62 valence electrons. The Bertz CT molecular complexity index is 173. The molecule has 0 rings (SSSR count). The lowest BCUT2D eigenvalue weighted by atomic mass is 9.80. The second-order valence-corrected chi connectivity index (χ2v) is 2.40. The summed E-state index contributed by atoms with van der Waals surface area (Å²) in [6.07, 6.45) is 3.64. The minimum absolute atomic E-state index is 0.735. The predicted molar refractivity (Wildman–Crippen MR) is 47.9 cm³/mol. The van der Waals surface area contributed by atoms with Gasteiger partial charge in [-0.3, -0.25) is 0 Å². The van der Waals surface area contributed by atoms with Crippen LogP contribution in [0.25, 0.3) is 0 Å². The molecule has 0 saturated carbocycles. The van der Waals surface area contributed by atoms with E-state index < -0.39 is 7.12 Å². The van der Waals surface area contributed by atoms with Crippen LogP contribution in [0.15, 0.2) is 23.4 Å². The standard InChI is InChI=1S/C8H15BO2/c1-5-7(3)9(10)11-8(4)6-2/h5-6,10H,1-4H3. The van der Waals surface area contributed by atoms with E-state index in [4.69, 9.17) is 4.65 Å². The molecule has 3 heteroatoms. The van der Waals surface area contributed by atoms with Crippen molar-refractivity contribution in [1.82, 2.24) is 0 Å². The molecule has 0 amide bonds. The highest BCUT2D eigenvalue weighted by Gasteiger charge is 2.16. The number of hydrogen-bond acceptors (Lipinski definition) is 2. The van der Waals surface area contributed by atoms with E-state index in [1.807, 2.05) is 39.8 Å². The topological polar surface area (TPSA) is 29.5 Å². The Balaban J connectivity index is 3.97. The molecule has 0 atom stereocenters. The zero-order valence-corrected chi connectivity index (χ0v) is 7.59. The maximum Gasteiger partial charge on any atom is 0.554 e. The van der Waals surface area contributed by atoms with E-state index in [1.165, 1.54) is 0 Å². The molecule has 0 saturated heterocycles. The molecular formula is C8H15BO2. The van der Waals surface area contributed by atoms with Crippen LogP contribution in [0.4, 0.5) is 0 Å². The minimum Gasteiger partial charge on any atom is -0.537 e. The van der Waals surface area contributed by atoms with Gasteiger partial charge in [0.25, 0.3) is 0 Å². The van der Waals surface area contributed by atoms with Crippen molar-refractivity contribution in [3.05, 3.63) is 23.4 Å².